The Hall–Kier alpha value is -5.68. The molecular formula is C39H38O11. The average molecular weight is 683 g/mol. The van der Waals surface area contributed by atoms with Crippen LogP contribution in [0.5, 0.6) is 34.5 Å². The molecule has 0 bridgehead atoms. The predicted octanol–water partition coefficient (Wildman–Crippen LogP) is 6.71. The van der Waals surface area contributed by atoms with Crippen molar-refractivity contribution in [2.75, 3.05) is 35.2 Å². The molecule has 4 atom stereocenters. The van der Waals surface area contributed by atoms with E-state index in [1.807, 2.05) is 30.3 Å². The third-order valence-electron chi connectivity index (χ3n) is 9.15. The SMILES string of the molecule is COc1cc2c(c(OC)c1OC)-c1c(cc3c(c1OC)OCO3)[C@H](OC(=O)c1ccccc1)[C@H](C)[C@](C)(O)[C@H]2OC(=O)C=Cc1ccccc1. The van der Waals surface area contributed by atoms with E-state index < -0.39 is 35.7 Å². The zero-order chi connectivity index (χ0) is 35.6. The molecule has 50 heavy (non-hydrogen) atoms. The third kappa shape index (κ3) is 6.05. The van der Waals surface area contributed by atoms with Gasteiger partial charge in [0.2, 0.25) is 18.3 Å². The van der Waals surface area contributed by atoms with Crippen LogP contribution in [0, 0.1) is 5.92 Å². The van der Waals surface area contributed by atoms with Crippen molar-refractivity contribution >= 4 is 18.0 Å². The van der Waals surface area contributed by atoms with E-state index in [0.717, 1.165) is 5.56 Å². The molecule has 4 aromatic rings. The van der Waals surface area contributed by atoms with E-state index in [4.69, 9.17) is 37.9 Å². The lowest BCUT2D eigenvalue weighted by atomic mass is 9.71. The smallest absolute Gasteiger partial charge is 0.338 e. The Morgan fingerprint density at radius 3 is 2.08 bits per heavy atom. The first-order chi connectivity index (χ1) is 24.1. The molecule has 4 aromatic carbocycles. The summed E-state index contributed by atoms with van der Waals surface area (Å²) in [4.78, 5) is 27.4. The second-order valence-corrected chi connectivity index (χ2v) is 12.0. The summed E-state index contributed by atoms with van der Waals surface area (Å²) in [6.07, 6.45) is 0.369. The van der Waals surface area contributed by atoms with Crippen molar-refractivity contribution in [3.05, 3.63) is 101 Å². The molecular weight excluding hydrogens is 644 g/mol. The van der Waals surface area contributed by atoms with E-state index in [9.17, 15) is 14.7 Å². The van der Waals surface area contributed by atoms with Gasteiger partial charge in [-0.2, -0.15) is 0 Å². The van der Waals surface area contributed by atoms with Crippen LogP contribution in [0.4, 0.5) is 0 Å². The van der Waals surface area contributed by atoms with E-state index in [-0.39, 0.29) is 29.8 Å². The van der Waals surface area contributed by atoms with E-state index in [0.29, 0.717) is 39.3 Å². The van der Waals surface area contributed by atoms with Gasteiger partial charge in [-0.25, -0.2) is 9.59 Å². The topological polar surface area (TPSA) is 128 Å². The molecule has 0 unspecified atom stereocenters. The Balaban J connectivity index is 1.65. The molecule has 1 aliphatic heterocycles. The minimum atomic E-state index is -1.89. The van der Waals surface area contributed by atoms with Crippen LogP contribution in [0.2, 0.25) is 0 Å². The van der Waals surface area contributed by atoms with Crippen LogP contribution in [0.1, 0.15) is 53.1 Å². The molecule has 0 spiro atoms. The highest BCUT2D eigenvalue weighted by Crippen LogP contribution is 2.61. The number of rotatable bonds is 9. The van der Waals surface area contributed by atoms with Crippen LogP contribution in [0.15, 0.2) is 78.9 Å². The number of carbonyl (C=O) groups is 2. The molecule has 2 aliphatic rings. The maximum Gasteiger partial charge on any atom is 0.338 e. The highest BCUT2D eigenvalue weighted by atomic mass is 16.7. The van der Waals surface area contributed by atoms with Gasteiger partial charge in [-0.05, 0) is 42.8 Å². The number of benzene rings is 4. The van der Waals surface area contributed by atoms with Gasteiger partial charge in [0.15, 0.2) is 29.1 Å². The van der Waals surface area contributed by atoms with Gasteiger partial charge in [-0.3, -0.25) is 0 Å². The molecule has 0 aromatic heterocycles. The van der Waals surface area contributed by atoms with Crippen molar-refractivity contribution in [3.8, 4) is 45.6 Å². The molecule has 6 rings (SSSR count). The number of fused-ring (bicyclic) bond motifs is 4. The lowest BCUT2D eigenvalue weighted by Gasteiger charge is -2.43. The van der Waals surface area contributed by atoms with E-state index in [1.165, 1.54) is 41.4 Å². The Labute approximate surface area is 289 Å². The Morgan fingerprint density at radius 2 is 1.44 bits per heavy atom. The normalized spacial score (nSPS) is 20.5. The number of carbonyl (C=O) groups excluding carboxylic acids is 2. The molecule has 11 heteroatoms. The molecule has 11 nitrogen and oxygen atoms in total. The molecule has 0 radical (unpaired) electrons. The molecule has 0 amide bonds. The van der Waals surface area contributed by atoms with Crippen LogP contribution >= 0.6 is 0 Å². The van der Waals surface area contributed by atoms with Crippen molar-refractivity contribution in [3.63, 3.8) is 0 Å². The number of hydrogen-bond acceptors (Lipinski definition) is 11. The predicted molar refractivity (Wildman–Crippen MR) is 183 cm³/mol. The summed E-state index contributed by atoms with van der Waals surface area (Å²) in [5.41, 5.74) is 0.630. The van der Waals surface area contributed by atoms with E-state index in [1.54, 1.807) is 55.5 Å². The molecule has 260 valence electrons. The molecule has 0 saturated carbocycles. The zero-order valence-electron chi connectivity index (χ0n) is 28.6. The van der Waals surface area contributed by atoms with Crippen LogP contribution in [0.25, 0.3) is 17.2 Å². The summed E-state index contributed by atoms with van der Waals surface area (Å²) in [6, 6.07) is 21.1. The Morgan fingerprint density at radius 1 is 0.800 bits per heavy atom. The standard InChI is InChI=1S/C39H38O11/c1-22-32(50-38(41)24-15-11-8-12-16-24)25-19-28-34(48-21-47-28)36(46-6)30(25)31-26(20-27(43-3)33(44-4)35(31)45-5)37(39(22,2)42)49-29(40)18-17-23-13-9-7-10-14-23/h7-20,22,32,37,42H,21H2,1-6H3/t22-,32+,37-,39-/m0/s1. The molecule has 1 N–H and O–H groups in total. The van der Waals surface area contributed by atoms with Gasteiger partial charge in [0, 0.05) is 34.2 Å². The summed E-state index contributed by atoms with van der Waals surface area (Å²) in [6.45, 7) is 3.16. The number of esters is 2. The second kappa shape index (κ2) is 14.0. The summed E-state index contributed by atoms with van der Waals surface area (Å²) in [7, 11) is 5.84. The fraction of sp³-hybridized carbons (Fsp3) is 0.282. The minimum absolute atomic E-state index is 0.0831. The zero-order valence-corrected chi connectivity index (χ0v) is 28.6. The fourth-order valence-electron chi connectivity index (χ4n) is 6.47. The second-order valence-electron chi connectivity index (χ2n) is 12.0. The van der Waals surface area contributed by atoms with Gasteiger partial charge in [0.05, 0.1) is 34.0 Å². The maximum absolute atomic E-state index is 13.8. The van der Waals surface area contributed by atoms with Gasteiger partial charge in [0.1, 0.15) is 11.7 Å². The summed E-state index contributed by atoms with van der Waals surface area (Å²) >= 11 is 0. The number of aliphatic hydroxyl groups is 1. The lowest BCUT2D eigenvalue weighted by Crippen LogP contribution is -2.46. The summed E-state index contributed by atoms with van der Waals surface area (Å²) < 4.78 is 47.7. The number of hydrogen-bond donors (Lipinski definition) is 1. The van der Waals surface area contributed by atoms with Gasteiger partial charge in [-0.1, -0.05) is 55.5 Å². The van der Waals surface area contributed by atoms with Crippen molar-refractivity contribution < 1.29 is 52.6 Å². The van der Waals surface area contributed by atoms with E-state index >= 15 is 0 Å². The third-order valence-corrected chi connectivity index (χ3v) is 9.15. The van der Waals surface area contributed by atoms with Crippen molar-refractivity contribution in [2.24, 2.45) is 5.92 Å². The first kappa shape index (κ1) is 34.2. The summed E-state index contributed by atoms with van der Waals surface area (Å²) in [5, 5.41) is 12.6. The highest BCUT2D eigenvalue weighted by Gasteiger charge is 2.51. The van der Waals surface area contributed by atoms with Gasteiger partial charge >= 0.3 is 11.9 Å². The van der Waals surface area contributed by atoms with Crippen LogP contribution < -0.4 is 28.4 Å². The lowest BCUT2D eigenvalue weighted by molar-refractivity contribution is -0.173. The molecule has 0 saturated heterocycles. The van der Waals surface area contributed by atoms with Crippen molar-refractivity contribution in [1.82, 2.24) is 0 Å². The highest BCUT2D eigenvalue weighted by molar-refractivity contribution is 5.92. The van der Waals surface area contributed by atoms with Crippen molar-refractivity contribution in [1.29, 1.82) is 0 Å². The van der Waals surface area contributed by atoms with Crippen LogP contribution in [-0.4, -0.2) is 57.9 Å². The molecule has 1 heterocycles. The van der Waals surface area contributed by atoms with Gasteiger partial charge in [-0.15, -0.1) is 0 Å². The number of ether oxygens (including phenoxy) is 8. The summed E-state index contributed by atoms with van der Waals surface area (Å²) in [5.74, 6) is -0.735. The largest absolute Gasteiger partial charge is 0.493 e. The van der Waals surface area contributed by atoms with Crippen molar-refractivity contribution in [2.45, 2.75) is 31.7 Å². The monoisotopic (exact) mass is 682 g/mol. The van der Waals surface area contributed by atoms with Crippen LogP contribution in [-0.2, 0) is 14.3 Å². The van der Waals surface area contributed by atoms with E-state index in [2.05, 4.69) is 0 Å². The molecule has 1 aliphatic carbocycles. The fourth-order valence-corrected chi connectivity index (χ4v) is 6.47. The Kier molecular flexibility index (Phi) is 9.61. The quantitative estimate of drug-likeness (QED) is 0.149. The Bertz CT molecular complexity index is 1920. The first-order valence-corrected chi connectivity index (χ1v) is 15.9. The maximum atomic E-state index is 13.8. The van der Waals surface area contributed by atoms with Gasteiger partial charge in [0.25, 0.3) is 0 Å². The van der Waals surface area contributed by atoms with Gasteiger partial charge < -0.3 is 43.0 Å². The minimum Gasteiger partial charge on any atom is -0.493 e. The first-order valence-electron chi connectivity index (χ1n) is 15.9. The van der Waals surface area contributed by atoms with Crippen LogP contribution in [0.3, 0.4) is 0 Å². The molecule has 0 fully saturated rings. The number of methoxy groups -OCH3 is 4. The average Bonchev–Trinajstić information content (AvgIpc) is 3.62.